The molecule has 0 aliphatic carbocycles. The number of hydrogen-bond acceptors (Lipinski definition) is 3. The van der Waals surface area contributed by atoms with Gasteiger partial charge in [0.15, 0.2) is 15.8 Å². The smallest absolute Gasteiger partial charge is 0.189 e. The molecule has 0 bridgehead atoms. The number of rotatable bonds is 5. The molecule has 9 heteroatoms. The van der Waals surface area contributed by atoms with Crippen molar-refractivity contribution < 1.29 is 8.42 Å². The Labute approximate surface area is 165 Å². The summed E-state index contributed by atoms with van der Waals surface area (Å²) in [6.07, 6.45) is 1.18. The number of nitrogens with two attached hydrogens (primary N) is 1. The maximum Gasteiger partial charge on any atom is 0.189 e. The summed E-state index contributed by atoms with van der Waals surface area (Å²) < 4.78 is 22.3. The van der Waals surface area contributed by atoms with Crippen molar-refractivity contribution in [2.45, 2.75) is 31.6 Å². The Balaban J connectivity index is 0.00000484. The van der Waals surface area contributed by atoms with E-state index in [1.165, 1.54) is 6.26 Å². The van der Waals surface area contributed by atoms with E-state index in [0.717, 1.165) is 5.56 Å². The van der Waals surface area contributed by atoms with Gasteiger partial charge in [0, 0.05) is 16.3 Å². The summed E-state index contributed by atoms with van der Waals surface area (Å²) in [4.78, 5) is 4.11. The minimum absolute atomic E-state index is 0. The summed E-state index contributed by atoms with van der Waals surface area (Å²) in [6.45, 7) is 5.17. The molecule has 0 radical (unpaired) electrons. The molecule has 1 atom stereocenters. The summed E-state index contributed by atoms with van der Waals surface area (Å²) >= 11 is 12.0. The van der Waals surface area contributed by atoms with Crippen LogP contribution in [0.25, 0.3) is 0 Å². The fourth-order valence-electron chi connectivity index (χ4n) is 1.59. The molecule has 1 unspecified atom stereocenters. The lowest BCUT2D eigenvalue weighted by Crippen LogP contribution is -2.38. The van der Waals surface area contributed by atoms with E-state index in [9.17, 15) is 8.42 Å². The predicted octanol–water partition coefficient (Wildman–Crippen LogP) is 3.40. The number of hydrogen-bond donors (Lipinski definition) is 2. The summed E-state index contributed by atoms with van der Waals surface area (Å²) in [6, 6.07) is 5.00. The van der Waals surface area contributed by atoms with Crippen LogP contribution in [0.5, 0.6) is 0 Å². The molecule has 1 rings (SSSR count). The largest absolute Gasteiger partial charge is 0.370 e. The highest BCUT2D eigenvalue weighted by Crippen LogP contribution is 2.26. The number of guanidine groups is 1. The lowest BCUT2D eigenvalue weighted by atomic mass is 10.1. The van der Waals surface area contributed by atoms with Crippen LogP contribution in [0.15, 0.2) is 23.2 Å². The number of halogens is 3. The van der Waals surface area contributed by atoms with E-state index >= 15 is 0 Å². The lowest BCUT2D eigenvalue weighted by Gasteiger charge is -2.21. The van der Waals surface area contributed by atoms with E-state index in [2.05, 4.69) is 10.3 Å². The maximum atomic E-state index is 11.6. The van der Waals surface area contributed by atoms with Crippen molar-refractivity contribution in [1.82, 2.24) is 5.32 Å². The monoisotopic (exact) mass is 493 g/mol. The Bertz CT molecular complexity index is 679. The van der Waals surface area contributed by atoms with E-state index in [1.54, 1.807) is 32.0 Å². The van der Waals surface area contributed by atoms with E-state index in [0.29, 0.717) is 10.0 Å². The molecule has 0 fully saturated rings. The average Bonchev–Trinajstić information content (AvgIpc) is 2.34. The van der Waals surface area contributed by atoms with Gasteiger partial charge in [-0.15, -0.1) is 24.0 Å². The molecule has 0 amide bonds. The van der Waals surface area contributed by atoms with Crippen LogP contribution < -0.4 is 11.1 Å². The van der Waals surface area contributed by atoms with Gasteiger partial charge in [0.05, 0.1) is 17.3 Å². The van der Waals surface area contributed by atoms with Gasteiger partial charge >= 0.3 is 0 Å². The first-order valence-electron chi connectivity index (χ1n) is 6.65. The zero-order chi connectivity index (χ0) is 17.1. The summed E-state index contributed by atoms with van der Waals surface area (Å²) in [5.74, 6) is 0.162. The Morgan fingerprint density at radius 1 is 1.39 bits per heavy atom. The van der Waals surface area contributed by atoms with Crippen molar-refractivity contribution in [3.8, 4) is 0 Å². The number of nitrogens with zero attached hydrogens (tertiary/aromatic N) is 1. The molecule has 0 spiro atoms. The van der Waals surface area contributed by atoms with Crippen molar-refractivity contribution in [3.05, 3.63) is 33.8 Å². The molecular weight excluding hydrogens is 472 g/mol. The first-order chi connectivity index (χ1) is 9.94. The molecule has 1 aromatic carbocycles. The molecule has 0 aliphatic rings. The molecule has 132 valence electrons. The van der Waals surface area contributed by atoms with Crippen LogP contribution >= 0.6 is 47.2 Å². The summed E-state index contributed by atoms with van der Waals surface area (Å²) in [5.41, 5.74) is 6.64. The van der Waals surface area contributed by atoms with Crippen LogP contribution in [-0.4, -0.2) is 31.9 Å². The highest BCUT2D eigenvalue weighted by Gasteiger charge is 2.29. The van der Waals surface area contributed by atoms with Gasteiger partial charge in [-0.25, -0.2) is 8.42 Å². The predicted molar refractivity (Wildman–Crippen MR) is 109 cm³/mol. The Kier molecular flexibility index (Phi) is 8.64. The molecule has 3 N–H and O–H groups in total. The van der Waals surface area contributed by atoms with Gasteiger partial charge in [-0.1, -0.05) is 29.3 Å². The second-order valence-corrected chi connectivity index (χ2v) is 9.26. The van der Waals surface area contributed by atoms with Gasteiger partial charge < -0.3 is 11.1 Å². The van der Waals surface area contributed by atoms with Crippen LogP contribution in [0.3, 0.4) is 0 Å². The maximum absolute atomic E-state index is 11.6. The van der Waals surface area contributed by atoms with Crippen LogP contribution in [0.4, 0.5) is 0 Å². The van der Waals surface area contributed by atoms with Gasteiger partial charge in [0.1, 0.15) is 0 Å². The van der Waals surface area contributed by atoms with Gasteiger partial charge in [-0.3, -0.25) is 4.99 Å². The Hall–Kier alpha value is -0.250. The van der Waals surface area contributed by atoms with Crippen LogP contribution in [0.1, 0.15) is 32.4 Å². The van der Waals surface area contributed by atoms with E-state index in [-0.39, 0.29) is 42.5 Å². The van der Waals surface area contributed by atoms with Gasteiger partial charge in [0.2, 0.25) is 0 Å². The fraction of sp³-hybridized carbons (Fsp3) is 0.500. The first-order valence-corrected chi connectivity index (χ1v) is 9.30. The van der Waals surface area contributed by atoms with Crippen LogP contribution in [0, 0.1) is 0 Å². The van der Waals surface area contributed by atoms with E-state index < -0.39 is 14.6 Å². The molecule has 23 heavy (non-hydrogen) atoms. The molecule has 0 saturated heterocycles. The average molecular weight is 494 g/mol. The molecular formula is C14H22Cl2IN3O2S. The van der Waals surface area contributed by atoms with Crippen molar-refractivity contribution in [1.29, 1.82) is 0 Å². The van der Waals surface area contributed by atoms with E-state index in [1.807, 2.05) is 6.92 Å². The van der Waals surface area contributed by atoms with Crippen LogP contribution in [0.2, 0.25) is 10.0 Å². The third kappa shape index (κ3) is 6.64. The summed E-state index contributed by atoms with van der Waals surface area (Å²) in [7, 11) is -3.22. The van der Waals surface area contributed by atoms with Crippen molar-refractivity contribution in [2.75, 3.05) is 12.8 Å². The number of aliphatic imine (C=N–C) groups is 1. The fourth-order valence-corrected chi connectivity index (χ4v) is 2.46. The number of benzene rings is 1. The highest BCUT2D eigenvalue weighted by molar-refractivity contribution is 14.0. The zero-order valence-electron chi connectivity index (χ0n) is 13.4. The zero-order valence-corrected chi connectivity index (χ0v) is 18.1. The molecule has 0 saturated carbocycles. The molecule has 0 aliphatic heterocycles. The topological polar surface area (TPSA) is 84.5 Å². The first kappa shape index (κ1) is 22.8. The SMILES string of the molecule is CC(NC(N)=NCC(C)(C)S(C)(=O)=O)c1ccc(Cl)cc1Cl.I. The van der Waals surface area contributed by atoms with Gasteiger partial charge in [0.25, 0.3) is 0 Å². The van der Waals surface area contributed by atoms with Crippen molar-refractivity contribution in [3.63, 3.8) is 0 Å². The second-order valence-electron chi connectivity index (χ2n) is 5.77. The minimum Gasteiger partial charge on any atom is -0.370 e. The molecule has 5 nitrogen and oxygen atoms in total. The van der Waals surface area contributed by atoms with Crippen LogP contribution in [-0.2, 0) is 9.84 Å². The standard InChI is InChI=1S/C14H21Cl2N3O2S.HI/c1-9(11-6-5-10(15)7-12(11)16)19-13(17)18-8-14(2,3)22(4,20)21;/h5-7,9H,8H2,1-4H3,(H3,17,18,19);1H. The molecule has 1 aromatic rings. The molecule has 0 heterocycles. The Morgan fingerprint density at radius 3 is 2.43 bits per heavy atom. The molecule has 0 aromatic heterocycles. The third-order valence-corrected chi connectivity index (χ3v) is 6.13. The Morgan fingerprint density at radius 2 is 1.96 bits per heavy atom. The number of nitrogens with one attached hydrogen (secondary N) is 1. The van der Waals surface area contributed by atoms with E-state index in [4.69, 9.17) is 28.9 Å². The summed E-state index contributed by atoms with van der Waals surface area (Å²) in [5, 5.41) is 4.06. The van der Waals surface area contributed by atoms with Crippen molar-refractivity contribution >= 4 is 63.0 Å². The quantitative estimate of drug-likeness (QED) is 0.374. The minimum atomic E-state index is -3.22. The van der Waals surface area contributed by atoms with Crippen molar-refractivity contribution in [2.24, 2.45) is 10.7 Å². The van der Waals surface area contributed by atoms with Gasteiger partial charge in [-0.2, -0.15) is 0 Å². The number of sulfone groups is 1. The lowest BCUT2D eigenvalue weighted by molar-refractivity contribution is 0.554. The van der Waals surface area contributed by atoms with Gasteiger partial charge in [-0.05, 0) is 38.5 Å². The third-order valence-electron chi connectivity index (χ3n) is 3.43. The normalized spacial score (nSPS) is 14.1. The second kappa shape index (κ2) is 8.73. The highest BCUT2D eigenvalue weighted by atomic mass is 127.